The van der Waals surface area contributed by atoms with Gasteiger partial charge in [0, 0.05) is 28.9 Å². The Morgan fingerprint density at radius 1 is 1.06 bits per heavy atom. The summed E-state index contributed by atoms with van der Waals surface area (Å²) in [6.45, 7) is 0. The third-order valence-corrected chi connectivity index (χ3v) is 6.24. The summed E-state index contributed by atoms with van der Waals surface area (Å²) >= 11 is 5.93. The number of imide groups is 1. The van der Waals surface area contributed by atoms with Crippen LogP contribution >= 0.6 is 11.6 Å². The number of amides is 2. The first kappa shape index (κ1) is 20.1. The average molecular weight is 451 g/mol. The van der Waals surface area contributed by atoms with Crippen molar-refractivity contribution in [2.75, 3.05) is 4.90 Å². The molecule has 0 radical (unpaired) electrons. The number of rotatable bonds is 4. The van der Waals surface area contributed by atoms with E-state index in [0.29, 0.717) is 10.7 Å². The van der Waals surface area contributed by atoms with Gasteiger partial charge in [0.25, 0.3) is 5.69 Å². The number of hydrogen-bond donors (Lipinski definition) is 0. The Labute approximate surface area is 186 Å². The minimum atomic E-state index is -1.07. The predicted molar refractivity (Wildman–Crippen MR) is 115 cm³/mol. The smallest absolute Gasteiger partial charge is 0.270 e. The first-order valence-corrected chi connectivity index (χ1v) is 10.2. The summed E-state index contributed by atoms with van der Waals surface area (Å²) in [6.07, 6.45) is 4.89. The number of hydrazone groups is 1. The quantitative estimate of drug-likeness (QED) is 0.306. The lowest BCUT2D eigenvalue weighted by atomic mass is 9.86. The predicted octanol–water partition coefficient (Wildman–Crippen LogP) is 2.85. The van der Waals surface area contributed by atoms with Crippen LogP contribution in [0.2, 0.25) is 5.02 Å². The summed E-state index contributed by atoms with van der Waals surface area (Å²) < 4.78 is 0. The Bertz CT molecular complexity index is 1230. The molecular formula is C22H15ClN4O5. The number of fused-ring (bicyclic) bond motifs is 3. The van der Waals surface area contributed by atoms with Crippen LogP contribution in [0.5, 0.6) is 0 Å². The summed E-state index contributed by atoms with van der Waals surface area (Å²) in [5.74, 6) is -3.22. The molecule has 3 heterocycles. The molecule has 0 bridgehead atoms. The molecule has 5 rings (SSSR count). The molecule has 2 fully saturated rings. The topological polar surface area (TPSA) is 113 Å². The van der Waals surface area contributed by atoms with E-state index in [1.54, 1.807) is 36.4 Å². The lowest BCUT2D eigenvalue weighted by Crippen LogP contribution is -2.46. The van der Waals surface area contributed by atoms with E-state index in [2.05, 4.69) is 5.10 Å². The van der Waals surface area contributed by atoms with Gasteiger partial charge in [0.2, 0.25) is 11.8 Å². The zero-order chi connectivity index (χ0) is 22.6. The minimum absolute atomic E-state index is 0.0820. The molecule has 2 amide bonds. The van der Waals surface area contributed by atoms with Gasteiger partial charge in [-0.1, -0.05) is 29.8 Å². The number of allylic oxidation sites excluding steroid dienone is 1. The number of anilines is 1. The Balaban J connectivity index is 1.57. The molecule has 2 aromatic carbocycles. The van der Waals surface area contributed by atoms with E-state index in [4.69, 9.17) is 11.6 Å². The molecule has 0 aromatic heterocycles. The van der Waals surface area contributed by atoms with Crippen molar-refractivity contribution in [2.45, 2.75) is 12.1 Å². The van der Waals surface area contributed by atoms with Crippen molar-refractivity contribution in [3.63, 3.8) is 0 Å². The Morgan fingerprint density at radius 3 is 2.50 bits per heavy atom. The molecule has 4 atom stereocenters. The fourth-order valence-corrected chi connectivity index (χ4v) is 4.75. The molecule has 0 N–H and O–H groups in total. The number of nitro benzene ring substituents is 1. The number of nitrogens with zero attached hydrogens (tertiary/aromatic N) is 4. The van der Waals surface area contributed by atoms with E-state index in [0.717, 1.165) is 4.90 Å². The van der Waals surface area contributed by atoms with Gasteiger partial charge in [-0.15, -0.1) is 0 Å². The lowest BCUT2D eigenvalue weighted by Gasteiger charge is -2.30. The maximum absolute atomic E-state index is 13.5. The highest BCUT2D eigenvalue weighted by atomic mass is 35.5. The molecule has 9 nitrogen and oxygen atoms in total. The Hall–Kier alpha value is -3.85. The van der Waals surface area contributed by atoms with Crippen molar-refractivity contribution in [3.8, 4) is 0 Å². The van der Waals surface area contributed by atoms with Gasteiger partial charge in [-0.2, -0.15) is 5.10 Å². The van der Waals surface area contributed by atoms with Crippen LogP contribution in [0.3, 0.4) is 0 Å². The largest absolute Gasteiger partial charge is 0.292 e. The Kier molecular flexibility index (Phi) is 4.63. The van der Waals surface area contributed by atoms with E-state index in [-0.39, 0.29) is 11.3 Å². The number of carbonyl (C=O) groups excluding carboxylic acids is 3. The summed E-state index contributed by atoms with van der Waals surface area (Å²) in [5.41, 5.74) is 0.217. The molecule has 2 saturated heterocycles. The highest BCUT2D eigenvalue weighted by Gasteiger charge is 2.64. The van der Waals surface area contributed by atoms with Gasteiger partial charge in [0.05, 0.1) is 28.5 Å². The van der Waals surface area contributed by atoms with E-state index < -0.39 is 46.4 Å². The van der Waals surface area contributed by atoms with Gasteiger partial charge < -0.3 is 0 Å². The van der Waals surface area contributed by atoms with Gasteiger partial charge in [0.1, 0.15) is 6.04 Å². The van der Waals surface area contributed by atoms with Gasteiger partial charge >= 0.3 is 0 Å². The number of non-ortho nitro benzene ring substituents is 1. The van der Waals surface area contributed by atoms with Crippen molar-refractivity contribution in [1.29, 1.82) is 0 Å². The third-order valence-electron chi connectivity index (χ3n) is 5.99. The molecule has 32 heavy (non-hydrogen) atoms. The molecule has 0 saturated carbocycles. The monoisotopic (exact) mass is 450 g/mol. The lowest BCUT2D eigenvalue weighted by molar-refractivity contribution is -0.384. The van der Waals surface area contributed by atoms with E-state index in [1.807, 2.05) is 0 Å². The van der Waals surface area contributed by atoms with E-state index in [9.17, 15) is 24.5 Å². The fraction of sp³-hybridized carbons (Fsp3) is 0.182. The summed E-state index contributed by atoms with van der Waals surface area (Å²) in [7, 11) is 0. The van der Waals surface area contributed by atoms with Crippen LogP contribution in [-0.2, 0) is 9.59 Å². The second-order valence-electron chi connectivity index (χ2n) is 7.68. The van der Waals surface area contributed by atoms with E-state index in [1.165, 1.54) is 35.5 Å². The normalized spacial score (nSPS) is 25.8. The van der Waals surface area contributed by atoms with Crippen LogP contribution in [0.1, 0.15) is 10.4 Å². The highest BCUT2D eigenvalue weighted by molar-refractivity contribution is 6.31. The molecule has 0 aliphatic carbocycles. The van der Waals surface area contributed by atoms with Gasteiger partial charge in [-0.25, -0.2) is 4.90 Å². The van der Waals surface area contributed by atoms with Crippen molar-refractivity contribution >= 4 is 46.8 Å². The molecular weight excluding hydrogens is 436 g/mol. The fourth-order valence-electron chi connectivity index (χ4n) is 4.63. The molecule has 10 heteroatoms. The average Bonchev–Trinajstić information content (AvgIpc) is 3.27. The minimum Gasteiger partial charge on any atom is -0.292 e. The number of carbonyl (C=O) groups is 3. The molecule has 160 valence electrons. The second-order valence-corrected chi connectivity index (χ2v) is 8.11. The second kappa shape index (κ2) is 7.38. The highest BCUT2D eigenvalue weighted by Crippen LogP contribution is 2.46. The van der Waals surface area contributed by atoms with Crippen molar-refractivity contribution in [3.05, 3.63) is 81.4 Å². The molecule has 3 aliphatic heterocycles. The van der Waals surface area contributed by atoms with Crippen LogP contribution in [0.25, 0.3) is 0 Å². The van der Waals surface area contributed by atoms with Crippen molar-refractivity contribution in [2.24, 2.45) is 16.9 Å². The van der Waals surface area contributed by atoms with Gasteiger partial charge in [0.15, 0.2) is 5.78 Å². The van der Waals surface area contributed by atoms with Crippen LogP contribution in [0.15, 0.2) is 65.8 Å². The standard InChI is InChI=1S/C22H15ClN4O5/c23-13-6-8-14(9-7-13)25-21(29)17-16-5-2-10-24-26(16)19(18(17)22(25)30)20(28)12-3-1-4-15(11-12)27(31)32/h1-11,16-19H/t16-,17-,18-,19-/m1/s1. The number of nitro groups is 1. The maximum atomic E-state index is 13.5. The number of benzene rings is 2. The van der Waals surface area contributed by atoms with Crippen molar-refractivity contribution < 1.29 is 19.3 Å². The van der Waals surface area contributed by atoms with Crippen LogP contribution in [-0.4, -0.2) is 45.8 Å². The van der Waals surface area contributed by atoms with E-state index >= 15 is 0 Å². The summed E-state index contributed by atoms with van der Waals surface area (Å²) in [5, 5.41) is 17.4. The zero-order valence-corrected chi connectivity index (χ0v) is 17.1. The van der Waals surface area contributed by atoms with Crippen LogP contribution in [0, 0.1) is 22.0 Å². The summed E-state index contributed by atoms with van der Waals surface area (Å²) in [6, 6.07) is 9.98. The number of halogens is 1. The molecule has 0 unspecified atom stereocenters. The molecule has 2 aromatic rings. The first-order chi connectivity index (χ1) is 15.4. The third kappa shape index (κ3) is 2.93. The Morgan fingerprint density at radius 2 is 1.78 bits per heavy atom. The number of hydrogen-bond acceptors (Lipinski definition) is 7. The van der Waals surface area contributed by atoms with Crippen LogP contribution < -0.4 is 4.90 Å². The zero-order valence-electron chi connectivity index (χ0n) is 16.4. The van der Waals surface area contributed by atoms with Crippen molar-refractivity contribution in [1.82, 2.24) is 5.01 Å². The summed E-state index contributed by atoms with van der Waals surface area (Å²) in [4.78, 5) is 52.0. The molecule has 0 spiro atoms. The molecule has 3 aliphatic rings. The first-order valence-electron chi connectivity index (χ1n) is 9.79. The number of Topliss-reactive ketones (excluding diaryl/α,β-unsaturated/α-hetero) is 1. The SMILES string of the molecule is O=C(c1cccc([N+](=O)[O-])c1)[C@H]1[C@@H]2C(=O)N(c3ccc(Cl)cc3)C(=O)[C@@H]2[C@H]2C=CC=NN21. The van der Waals surface area contributed by atoms with Crippen LogP contribution in [0.4, 0.5) is 11.4 Å². The van der Waals surface area contributed by atoms with Gasteiger partial charge in [-0.05, 0) is 30.3 Å². The number of ketones is 1. The maximum Gasteiger partial charge on any atom is 0.270 e. The van der Waals surface area contributed by atoms with Gasteiger partial charge in [-0.3, -0.25) is 29.5 Å².